The van der Waals surface area contributed by atoms with Crippen molar-refractivity contribution in [3.63, 3.8) is 0 Å². The standard InChI is InChI=1S/C25H26FN3O4/c1-27-9-11-28(12-10-27)25(31)29(16-20-7-6-19(15-23(20)26)24(30)32-2)22-5-3-4-18(14-22)21-8-13-33-17-21/h3-8,13-15,17H,9-12,16H2,1-2H3. The van der Waals surface area contributed by atoms with Gasteiger partial charge >= 0.3 is 12.0 Å². The molecule has 0 unspecified atom stereocenters. The first-order chi connectivity index (χ1) is 16.0. The fourth-order valence-corrected chi connectivity index (χ4v) is 3.81. The van der Waals surface area contributed by atoms with Crippen LogP contribution in [0.3, 0.4) is 0 Å². The molecule has 2 amide bonds. The molecule has 0 saturated carbocycles. The summed E-state index contributed by atoms with van der Waals surface area (Å²) in [5.41, 5.74) is 2.85. The van der Waals surface area contributed by atoms with E-state index < -0.39 is 11.8 Å². The fourth-order valence-electron chi connectivity index (χ4n) is 3.81. The highest BCUT2D eigenvalue weighted by molar-refractivity contribution is 5.93. The maximum atomic E-state index is 14.9. The number of ether oxygens (including phenoxy) is 1. The van der Waals surface area contributed by atoms with Gasteiger partial charge in [-0.15, -0.1) is 0 Å². The number of piperazine rings is 1. The lowest BCUT2D eigenvalue weighted by Crippen LogP contribution is -2.52. The molecule has 0 atom stereocenters. The molecule has 1 aliphatic rings. The van der Waals surface area contributed by atoms with Crippen LogP contribution in [0.1, 0.15) is 15.9 Å². The molecule has 1 aromatic heterocycles. The molecule has 172 valence electrons. The van der Waals surface area contributed by atoms with Gasteiger partial charge in [0.1, 0.15) is 5.82 Å². The van der Waals surface area contributed by atoms with Gasteiger partial charge in [0.2, 0.25) is 0 Å². The van der Waals surface area contributed by atoms with Crippen LogP contribution in [0.15, 0.2) is 65.5 Å². The lowest BCUT2D eigenvalue weighted by Gasteiger charge is -2.36. The summed E-state index contributed by atoms with van der Waals surface area (Å²) in [6.07, 6.45) is 3.23. The van der Waals surface area contributed by atoms with E-state index in [0.29, 0.717) is 24.3 Å². The third-order valence-corrected chi connectivity index (χ3v) is 5.82. The molecule has 1 aliphatic heterocycles. The average Bonchev–Trinajstić information content (AvgIpc) is 3.38. The summed E-state index contributed by atoms with van der Waals surface area (Å²) in [6.45, 7) is 2.76. The Balaban J connectivity index is 1.67. The number of methoxy groups -OCH3 is 1. The number of likely N-dealkylation sites (N-methyl/N-ethyl adjacent to an activating group) is 1. The number of carbonyl (C=O) groups excluding carboxylic acids is 2. The van der Waals surface area contributed by atoms with Gasteiger partial charge in [-0.1, -0.05) is 18.2 Å². The lowest BCUT2D eigenvalue weighted by atomic mass is 10.1. The first-order valence-electron chi connectivity index (χ1n) is 10.7. The lowest BCUT2D eigenvalue weighted by molar-refractivity contribution is 0.0600. The molecular weight excluding hydrogens is 425 g/mol. The number of halogens is 1. The summed E-state index contributed by atoms with van der Waals surface area (Å²) < 4.78 is 24.8. The van der Waals surface area contributed by atoms with Gasteiger partial charge in [0.25, 0.3) is 0 Å². The van der Waals surface area contributed by atoms with E-state index in [9.17, 15) is 14.0 Å². The van der Waals surface area contributed by atoms with Crippen LogP contribution in [0.2, 0.25) is 0 Å². The molecule has 4 rings (SSSR count). The van der Waals surface area contributed by atoms with Crippen LogP contribution < -0.4 is 4.90 Å². The van der Waals surface area contributed by atoms with Crippen LogP contribution in [0.4, 0.5) is 14.9 Å². The second-order valence-corrected chi connectivity index (χ2v) is 8.02. The molecule has 0 N–H and O–H groups in total. The minimum atomic E-state index is -0.612. The molecule has 0 radical (unpaired) electrons. The molecule has 3 aromatic rings. The highest BCUT2D eigenvalue weighted by atomic mass is 19.1. The van der Waals surface area contributed by atoms with Gasteiger partial charge in [-0.2, -0.15) is 0 Å². The second-order valence-electron chi connectivity index (χ2n) is 8.02. The Hall–Kier alpha value is -3.65. The molecule has 0 spiro atoms. The second kappa shape index (κ2) is 9.87. The average molecular weight is 451 g/mol. The minimum absolute atomic E-state index is 0.0211. The molecule has 7 nitrogen and oxygen atoms in total. The summed E-state index contributed by atoms with van der Waals surface area (Å²) in [5, 5.41) is 0. The molecule has 0 bridgehead atoms. The Labute approximate surface area is 192 Å². The van der Waals surface area contributed by atoms with Gasteiger partial charge < -0.3 is 19.0 Å². The highest BCUT2D eigenvalue weighted by Gasteiger charge is 2.26. The quantitative estimate of drug-likeness (QED) is 0.543. The first-order valence-corrected chi connectivity index (χ1v) is 10.7. The summed E-state index contributed by atoms with van der Waals surface area (Å²) in [6, 6.07) is 13.3. The van der Waals surface area contributed by atoms with Crippen LogP contribution >= 0.6 is 0 Å². The summed E-state index contributed by atoms with van der Waals surface area (Å²) in [7, 11) is 3.27. The van der Waals surface area contributed by atoms with E-state index in [4.69, 9.17) is 4.42 Å². The molecule has 8 heteroatoms. The van der Waals surface area contributed by atoms with E-state index in [0.717, 1.165) is 30.3 Å². The number of furan rings is 1. The van der Waals surface area contributed by atoms with E-state index in [1.54, 1.807) is 22.3 Å². The monoisotopic (exact) mass is 451 g/mol. The molecule has 0 aliphatic carbocycles. The third-order valence-electron chi connectivity index (χ3n) is 5.82. The Morgan fingerprint density at radius 2 is 1.85 bits per heavy atom. The van der Waals surface area contributed by atoms with Crippen molar-refractivity contribution in [2.75, 3.05) is 45.2 Å². The van der Waals surface area contributed by atoms with Crippen molar-refractivity contribution < 1.29 is 23.1 Å². The smallest absolute Gasteiger partial charge is 0.337 e. The SMILES string of the molecule is COC(=O)c1ccc(CN(C(=O)N2CCN(C)CC2)c2cccc(-c3ccoc3)c2)c(F)c1. The minimum Gasteiger partial charge on any atom is -0.472 e. The first kappa shape index (κ1) is 22.5. The van der Waals surface area contributed by atoms with Gasteiger partial charge in [-0.05, 0) is 42.9 Å². The summed E-state index contributed by atoms with van der Waals surface area (Å²) in [4.78, 5) is 30.8. The molecule has 1 saturated heterocycles. The number of benzene rings is 2. The van der Waals surface area contributed by atoms with Crippen molar-refractivity contribution in [1.29, 1.82) is 0 Å². The van der Waals surface area contributed by atoms with Gasteiger partial charge in [0, 0.05) is 43.0 Å². The van der Waals surface area contributed by atoms with Crippen molar-refractivity contribution in [3.8, 4) is 11.1 Å². The Bertz CT molecular complexity index is 1120. The van der Waals surface area contributed by atoms with Crippen molar-refractivity contribution in [1.82, 2.24) is 9.80 Å². The van der Waals surface area contributed by atoms with Crippen LogP contribution in [-0.4, -0.2) is 62.1 Å². The molecule has 33 heavy (non-hydrogen) atoms. The number of carbonyl (C=O) groups is 2. The van der Waals surface area contributed by atoms with Crippen LogP contribution in [-0.2, 0) is 11.3 Å². The number of hydrogen-bond donors (Lipinski definition) is 0. The summed E-state index contributed by atoms with van der Waals surface area (Å²) >= 11 is 0. The molecule has 2 heterocycles. The van der Waals surface area contributed by atoms with Crippen molar-refractivity contribution in [3.05, 3.63) is 78.0 Å². The molecule has 2 aromatic carbocycles. The number of urea groups is 1. The number of hydrogen-bond acceptors (Lipinski definition) is 5. The van der Waals surface area contributed by atoms with Gasteiger partial charge in [-0.3, -0.25) is 4.90 Å². The van der Waals surface area contributed by atoms with Crippen molar-refractivity contribution in [2.24, 2.45) is 0 Å². The van der Waals surface area contributed by atoms with E-state index in [-0.39, 0.29) is 18.1 Å². The van der Waals surface area contributed by atoms with Gasteiger partial charge in [0.15, 0.2) is 0 Å². The Morgan fingerprint density at radius 3 is 2.52 bits per heavy atom. The highest BCUT2D eigenvalue weighted by Crippen LogP contribution is 2.28. The predicted octanol–water partition coefficient (Wildman–Crippen LogP) is 4.25. The van der Waals surface area contributed by atoms with Crippen molar-refractivity contribution >= 4 is 17.7 Å². The molecule has 1 fully saturated rings. The molecular formula is C25H26FN3O4. The zero-order valence-electron chi connectivity index (χ0n) is 18.7. The van der Waals surface area contributed by atoms with E-state index >= 15 is 0 Å². The normalized spacial score (nSPS) is 14.2. The fraction of sp³-hybridized carbons (Fsp3) is 0.280. The number of amides is 2. The van der Waals surface area contributed by atoms with E-state index in [1.807, 2.05) is 37.4 Å². The number of rotatable bonds is 5. The zero-order chi connectivity index (χ0) is 23.4. The van der Waals surface area contributed by atoms with Crippen molar-refractivity contribution in [2.45, 2.75) is 6.54 Å². The maximum absolute atomic E-state index is 14.9. The number of esters is 1. The van der Waals surface area contributed by atoms with E-state index in [2.05, 4.69) is 9.64 Å². The summed E-state index contributed by atoms with van der Waals surface area (Å²) in [5.74, 6) is -1.18. The largest absolute Gasteiger partial charge is 0.472 e. The Kier molecular flexibility index (Phi) is 6.74. The Morgan fingerprint density at radius 1 is 1.06 bits per heavy atom. The van der Waals surface area contributed by atoms with Gasteiger partial charge in [-0.25, -0.2) is 14.0 Å². The van der Waals surface area contributed by atoms with Crippen LogP contribution in [0.25, 0.3) is 11.1 Å². The number of nitrogens with zero attached hydrogens (tertiary/aromatic N) is 3. The van der Waals surface area contributed by atoms with Gasteiger partial charge in [0.05, 0.1) is 31.7 Å². The topological polar surface area (TPSA) is 66.2 Å². The van der Waals surface area contributed by atoms with Crippen LogP contribution in [0.5, 0.6) is 0 Å². The van der Waals surface area contributed by atoms with Crippen LogP contribution in [0, 0.1) is 5.82 Å². The predicted molar refractivity (Wildman–Crippen MR) is 123 cm³/mol. The number of anilines is 1. The van der Waals surface area contributed by atoms with E-state index in [1.165, 1.54) is 19.2 Å². The maximum Gasteiger partial charge on any atom is 0.337 e. The third kappa shape index (κ3) is 5.06. The zero-order valence-corrected chi connectivity index (χ0v) is 18.7.